The van der Waals surface area contributed by atoms with E-state index in [1.54, 1.807) is 20.1 Å². The normalized spacial score (nSPS) is 9.63. The van der Waals surface area contributed by atoms with Crippen LogP contribution in [0.5, 0.6) is 5.75 Å². The van der Waals surface area contributed by atoms with Gasteiger partial charge in [0.1, 0.15) is 11.6 Å². The molecule has 0 heterocycles. The van der Waals surface area contributed by atoms with E-state index in [9.17, 15) is 4.39 Å². The van der Waals surface area contributed by atoms with Crippen LogP contribution in [-0.2, 0) is 0 Å². The standard InChI is InChI=1S/C25H19FO/c1-18-4-7-20(8-5-18)12-14-23-15-13-22(17-25(23)27-3)11-10-21-9-6-19(2)24(26)16-21/h4-9,13,15-17H,1-3H3. The van der Waals surface area contributed by atoms with Crippen molar-refractivity contribution in [3.8, 4) is 29.4 Å². The van der Waals surface area contributed by atoms with Gasteiger partial charge in [0.2, 0.25) is 0 Å². The van der Waals surface area contributed by atoms with Crippen LogP contribution in [0.4, 0.5) is 4.39 Å². The number of ether oxygens (including phenoxy) is 1. The average Bonchev–Trinajstić information content (AvgIpc) is 2.68. The fraction of sp³-hybridized carbons (Fsp3) is 0.120. The molecule has 0 N–H and O–H groups in total. The predicted molar refractivity (Wildman–Crippen MR) is 107 cm³/mol. The van der Waals surface area contributed by atoms with Gasteiger partial charge in [0, 0.05) is 16.7 Å². The van der Waals surface area contributed by atoms with E-state index in [-0.39, 0.29) is 5.82 Å². The molecule has 0 spiro atoms. The van der Waals surface area contributed by atoms with Crippen molar-refractivity contribution in [2.45, 2.75) is 13.8 Å². The molecule has 1 nitrogen and oxygen atoms in total. The monoisotopic (exact) mass is 354 g/mol. The van der Waals surface area contributed by atoms with Gasteiger partial charge in [0.25, 0.3) is 0 Å². The molecule has 0 saturated heterocycles. The second-order valence-electron chi connectivity index (χ2n) is 6.25. The van der Waals surface area contributed by atoms with Gasteiger partial charge in [-0.2, -0.15) is 0 Å². The van der Waals surface area contributed by atoms with E-state index in [4.69, 9.17) is 4.74 Å². The van der Waals surface area contributed by atoms with Crippen molar-refractivity contribution in [3.05, 3.63) is 99.9 Å². The van der Waals surface area contributed by atoms with Gasteiger partial charge in [-0.05, 0) is 61.9 Å². The van der Waals surface area contributed by atoms with Gasteiger partial charge in [-0.3, -0.25) is 0 Å². The Morgan fingerprint density at radius 1 is 0.704 bits per heavy atom. The first-order chi connectivity index (χ1) is 13.0. The number of methoxy groups -OCH3 is 1. The molecule has 0 aliphatic rings. The minimum Gasteiger partial charge on any atom is -0.495 e. The van der Waals surface area contributed by atoms with Gasteiger partial charge in [0.05, 0.1) is 12.7 Å². The van der Waals surface area contributed by atoms with Gasteiger partial charge in [-0.1, -0.05) is 47.4 Å². The molecule has 0 aromatic heterocycles. The first-order valence-electron chi connectivity index (χ1n) is 8.60. The summed E-state index contributed by atoms with van der Waals surface area (Å²) in [5.41, 5.74) is 4.99. The maximum absolute atomic E-state index is 13.6. The van der Waals surface area contributed by atoms with Crippen molar-refractivity contribution in [3.63, 3.8) is 0 Å². The van der Waals surface area contributed by atoms with Gasteiger partial charge in [-0.25, -0.2) is 4.39 Å². The molecule has 0 amide bonds. The third-order valence-corrected chi connectivity index (χ3v) is 4.12. The summed E-state index contributed by atoms with van der Waals surface area (Å²) >= 11 is 0. The van der Waals surface area contributed by atoms with Crippen LogP contribution in [0.3, 0.4) is 0 Å². The highest BCUT2D eigenvalue weighted by atomic mass is 19.1. The minimum absolute atomic E-state index is 0.249. The molecular weight excluding hydrogens is 335 g/mol. The van der Waals surface area contributed by atoms with E-state index in [0.717, 1.165) is 16.7 Å². The average molecular weight is 354 g/mol. The van der Waals surface area contributed by atoms with Crippen molar-refractivity contribution in [2.75, 3.05) is 7.11 Å². The quantitative estimate of drug-likeness (QED) is 0.542. The van der Waals surface area contributed by atoms with Crippen LogP contribution in [0.2, 0.25) is 0 Å². The third kappa shape index (κ3) is 4.78. The second-order valence-corrected chi connectivity index (χ2v) is 6.25. The lowest BCUT2D eigenvalue weighted by atomic mass is 10.1. The molecule has 3 aromatic carbocycles. The van der Waals surface area contributed by atoms with E-state index >= 15 is 0 Å². The zero-order chi connectivity index (χ0) is 19.2. The van der Waals surface area contributed by atoms with Crippen LogP contribution >= 0.6 is 0 Å². The summed E-state index contributed by atoms with van der Waals surface area (Å²) in [6, 6.07) is 18.7. The molecule has 0 radical (unpaired) electrons. The molecular formula is C25H19FO. The highest BCUT2D eigenvalue weighted by Gasteiger charge is 2.01. The summed E-state index contributed by atoms with van der Waals surface area (Å²) < 4.78 is 19.1. The highest BCUT2D eigenvalue weighted by Crippen LogP contribution is 2.19. The number of rotatable bonds is 1. The maximum atomic E-state index is 13.6. The predicted octanol–water partition coefficient (Wildman–Crippen LogP) is 5.25. The number of hydrogen-bond donors (Lipinski definition) is 0. The zero-order valence-electron chi connectivity index (χ0n) is 15.6. The van der Waals surface area contributed by atoms with Gasteiger partial charge >= 0.3 is 0 Å². The van der Waals surface area contributed by atoms with Crippen LogP contribution in [0.25, 0.3) is 0 Å². The molecule has 2 heteroatoms. The molecule has 3 rings (SSSR count). The number of benzene rings is 3. The van der Waals surface area contributed by atoms with Gasteiger partial charge in [-0.15, -0.1) is 0 Å². The van der Waals surface area contributed by atoms with E-state index < -0.39 is 0 Å². The lowest BCUT2D eigenvalue weighted by Crippen LogP contribution is -1.89. The van der Waals surface area contributed by atoms with Crippen molar-refractivity contribution < 1.29 is 9.13 Å². The summed E-state index contributed by atoms with van der Waals surface area (Å²) in [6.45, 7) is 3.78. The van der Waals surface area contributed by atoms with Crippen molar-refractivity contribution in [1.82, 2.24) is 0 Å². The van der Waals surface area contributed by atoms with Gasteiger partial charge < -0.3 is 4.74 Å². The molecule has 0 atom stereocenters. The zero-order valence-corrected chi connectivity index (χ0v) is 15.6. The topological polar surface area (TPSA) is 9.23 Å². The largest absolute Gasteiger partial charge is 0.495 e. The van der Waals surface area contributed by atoms with Crippen LogP contribution in [0.15, 0.2) is 60.7 Å². The Bertz CT molecular complexity index is 1090. The summed E-state index contributed by atoms with van der Waals surface area (Å²) in [6.07, 6.45) is 0. The van der Waals surface area contributed by atoms with E-state index in [1.807, 2.05) is 55.5 Å². The number of halogens is 1. The Balaban J connectivity index is 1.86. The van der Waals surface area contributed by atoms with Crippen LogP contribution in [0, 0.1) is 43.3 Å². The van der Waals surface area contributed by atoms with Crippen molar-refractivity contribution >= 4 is 0 Å². The fourth-order valence-electron chi connectivity index (χ4n) is 2.46. The minimum atomic E-state index is -0.249. The lowest BCUT2D eigenvalue weighted by molar-refractivity contribution is 0.413. The lowest BCUT2D eigenvalue weighted by Gasteiger charge is -2.03. The molecule has 0 aliphatic carbocycles. The second kappa shape index (κ2) is 8.26. The molecule has 0 bridgehead atoms. The summed E-state index contributed by atoms with van der Waals surface area (Å²) in [7, 11) is 1.61. The SMILES string of the molecule is COc1cc(C#Cc2ccc(C)c(F)c2)ccc1C#Cc1ccc(C)cc1. The molecule has 0 saturated carbocycles. The van der Waals surface area contributed by atoms with E-state index in [2.05, 4.69) is 23.7 Å². The Labute approximate surface area is 159 Å². The Kier molecular flexibility index (Phi) is 5.60. The van der Waals surface area contributed by atoms with Crippen molar-refractivity contribution in [2.24, 2.45) is 0 Å². The Morgan fingerprint density at radius 2 is 1.30 bits per heavy atom. The Hall–Kier alpha value is -3.49. The first-order valence-corrected chi connectivity index (χ1v) is 8.60. The van der Waals surface area contributed by atoms with Crippen LogP contribution < -0.4 is 4.74 Å². The molecule has 0 aliphatic heterocycles. The summed E-state index contributed by atoms with van der Waals surface area (Å²) in [5.74, 6) is 12.7. The molecule has 132 valence electrons. The van der Waals surface area contributed by atoms with E-state index in [0.29, 0.717) is 16.9 Å². The maximum Gasteiger partial charge on any atom is 0.135 e. The fourth-order valence-corrected chi connectivity index (χ4v) is 2.46. The first kappa shape index (κ1) is 18.3. The molecule has 0 fully saturated rings. The summed E-state index contributed by atoms with van der Waals surface area (Å²) in [4.78, 5) is 0. The van der Waals surface area contributed by atoms with Crippen LogP contribution in [-0.4, -0.2) is 7.11 Å². The highest BCUT2D eigenvalue weighted by molar-refractivity contribution is 5.54. The summed E-state index contributed by atoms with van der Waals surface area (Å²) in [5, 5.41) is 0. The third-order valence-electron chi connectivity index (χ3n) is 4.12. The van der Waals surface area contributed by atoms with E-state index in [1.165, 1.54) is 11.6 Å². The number of hydrogen-bond acceptors (Lipinski definition) is 1. The molecule has 27 heavy (non-hydrogen) atoms. The number of aryl methyl sites for hydroxylation is 2. The Morgan fingerprint density at radius 3 is 1.96 bits per heavy atom. The molecule has 0 unspecified atom stereocenters. The molecule has 3 aromatic rings. The smallest absolute Gasteiger partial charge is 0.135 e. The van der Waals surface area contributed by atoms with Crippen molar-refractivity contribution in [1.29, 1.82) is 0 Å². The van der Waals surface area contributed by atoms with Crippen LogP contribution in [0.1, 0.15) is 33.4 Å². The van der Waals surface area contributed by atoms with Gasteiger partial charge in [0.15, 0.2) is 0 Å².